The van der Waals surface area contributed by atoms with Gasteiger partial charge in [0.2, 0.25) is 0 Å². The molecule has 0 amide bonds. The van der Waals surface area contributed by atoms with Crippen LogP contribution in [0.4, 0.5) is 5.82 Å². The number of rotatable bonds is 4. The number of hydrogen-bond donors (Lipinski definition) is 1. The van der Waals surface area contributed by atoms with Crippen LogP contribution in [0, 0.1) is 13.8 Å². The van der Waals surface area contributed by atoms with Crippen LogP contribution >= 0.6 is 23.5 Å². The monoisotopic (exact) mass is 291 g/mol. The zero-order valence-corrected chi connectivity index (χ0v) is 13.2. The Bertz CT molecular complexity index is 563. The van der Waals surface area contributed by atoms with Gasteiger partial charge in [0.25, 0.3) is 0 Å². The van der Waals surface area contributed by atoms with E-state index in [1.54, 1.807) is 23.5 Å². The number of hydrogen-bond acceptors (Lipinski definition) is 5. The lowest BCUT2D eigenvalue weighted by atomic mass is 10.1. The molecule has 0 saturated heterocycles. The van der Waals surface area contributed by atoms with E-state index < -0.39 is 0 Å². The zero-order valence-electron chi connectivity index (χ0n) is 11.5. The van der Waals surface area contributed by atoms with Crippen LogP contribution in [-0.2, 0) is 0 Å². The highest BCUT2D eigenvalue weighted by Crippen LogP contribution is 2.29. The number of nitrogens with one attached hydrogen (secondary N) is 1. The summed E-state index contributed by atoms with van der Waals surface area (Å²) in [6.45, 7) is 4.26. The molecule has 0 unspecified atom stereocenters. The Balaban J connectivity index is 2.29. The maximum Gasteiger partial charge on any atom is 0.190 e. The Morgan fingerprint density at radius 1 is 1.05 bits per heavy atom. The number of thioether (sulfide) groups is 1. The fourth-order valence-electron chi connectivity index (χ4n) is 1.57. The Morgan fingerprint density at radius 3 is 2.47 bits per heavy atom. The molecular weight excluding hydrogens is 274 g/mol. The fourth-order valence-corrected chi connectivity index (χ4v) is 2.93. The normalized spacial score (nSPS) is 10.5. The molecule has 1 aromatic carbocycles. The quantitative estimate of drug-likeness (QED) is 0.523. The molecule has 0 bridgehead atoms. The number of nitrogens with zero attached hydrogens (tertiary/aromatic N) is 2. The molecule has 0 saturated carbocycles. The van der Waals surface area contributed by atoms with Gasteiger partial charge in [-0.2, -0.15) is 0 Å². The third-order valence-electron chi connectivity index (χ3n) is 2.82. The molecule has 2 rings (SSSR count). The highest BCUT2D eigenvalue weighted by Gasteiger charge is 2.05. The van der Waals surface area contributed by atoms with Gasteiger partial charge in [0.15, 0.2) is 5.16 Å². The average molecular weight is 291 g/mol. The predicted octanol–water partition coefficient (Wildman–Crippen LogP) is 4.01. The second kappa shape index (κ2) is 6.30. The van der Waals surface area contributed by atoms with Crippen LogP contribution in [0.2, 0.25) is 0 Å². The van der Waals surface area contributed by atoms with Gasteiger partial charge < -0.3 is 5.32 Å². The summed E-state index contributed by atoms with van der Waals surface area (Å²) in [5, 5.41) is 4.83. The molecule has 0 spiro atoms. The molecular formula is C14H17N3S2. The van der Waals surface area contributed by atoms with Crippen LogP contribution in [0.5, 0.6) is 0 Å². The zero-order chi connectivity index (χ0) is 13.8. The van der Waals surface area contributed by atoms with E-state index >= 15 is 0 Å². The molecule has 0 fully saturated rings. The molecule has 1 aromatic heterocycles. The molecule has 3 nitrogen and oxygen atoms in total. The van der Waals surface area contributed by atoms with E-state index in [9.17, 15) is 0 Å². The van der Waals surface area contributed by atoms with Crippen molar-refractivity contribution in [2.45, 2.75) is 28.9 Å². The van der Waals surface area contributed by atoms with Crippen molar-refractivity contribution >= 4 is 29.3 Å². The maximum absolute atomic E-state index is 4.52. The lowest BCUT2D eigenvalue weighted by molar-refractivity contribution is 0.897. The van der Waals surface area contributed by atoms with Gasteiger partial charge in [0.05, 0.1) is 0 Å². The van der Waals surface area contributed by atoms with Crippen molar-refractivity contribution in [2.75, 3.05) is 18.6 Å². The molecule has 0 atom stereocenters. The number of aryl methyl sites for hydroxylation is 2. The first-order valence-electron chi connectivity index (χ1n) is 5.98. The van der Waals surface area contributed by atoms with Crippen molar-refractivity contribution in [2.24, 2.45) is 0 Å². The summed E-state index contributed by atoms with van der Waals surface area (Å²) in [6.07, 6.45) is 1.99. The molecule has 1 N–H and O–H groups in total. The van der Waals surface area contributed by atoms with Crippen molar-refractivity contribution < 1.29 is 0 Å². The van der Waals surface area contributed by atoms with E-state index in [1.165, 1.54) is 16.0 Å². The second-order valence-corrected chi connectivity index (χ2v) is 6.04. The van der Waals surface area contributed by atoms with Crippen molar-refractivity contribution in [1.82, 2.24) is 9.97 Å². The molecule has 0 aliphatic rings. The van der Waals surface area contributed by atoms with E-state index in [0.29, 0.717) is 0 Å². The topological polar surface area (TPSA) is 37.8 Å². The molecule has 2 aromatic rings. The number of benzene rings is 1. The van der Waals surface area contributed by atoms with Gasteiger partial charge in [0.1, 0.15) is 10.8 Å². The van der Waals surface area contributed by atoms with Crippen LogP contribution in [0.3, 0.4) is 0 Å². The van der Waals surface area contributed by atoms with Crippen LogP contribution in [0.15, 0.2) is 39.3 Å². The minimum Gasteiger partial charge on any atom is -0.373 e. The van der Waals surface area contributed by atoms with Crippen molar-refractivity contribution in [3.63, 3.8) is 0 Å². The summed E-state index contributed by atoms with van der Waals surface area (Å²) in [5.41, 5.74) is 2.62. The van der Waals surface area contributed by atoms with E-state index in [-0.39, 0.29) is 0 Å². The Morgan fingerprint density at radius 2 is 1.84 bits per heavy atom. The molecule has 100 valence electrons. The first-order chi connectivity index (χ1) is 9.12. The predicted molar refractivity (Wildman–Crippen MR) is 83.4 cm³/mol. The molecule has 0 aliphatic carbocycles. The first-order valence-corrected chi connectivity index (χ1v) is 8.02. The summed E-state index contributed by atoms with van der Waals surface area (Å²) in [7, 11) is 1.87. The molecule has 0 radical (unpaired) electrons. The molecule has 5 heteroatoms. The van der Waals surface area contributed by atoms with E-state index in [1.807, 2.05) is 19.4 Å². The summed E-state index contributed by atoms with van der Waals surface area (Å²) in [6, 6.07) is 8.44. The van der Waals surface area contributed by atoms with Gasteiger partial charge in [0, 0.05) is 18.0 Å². The summed E-state index contributed by atoms with van der Waals surface area (Å²) < 4.78 is 0. The van der Waals surface area contributed by atoms with Crippen molar-refractivity contribution in [3.05, 3.63) is 35.4 Å². The van der Waals surface area contributed by atoms with Gasteiger partial charge in [-0.05, 0) is 43.4 Å². The SMILES string of the molecule is CNc1cc(Sc2ccc(C)c(C)c2)nc(SC)n1. The van der Waals surface area contributed by atoms with E-state index in [2.05, 4.69) is 47.3 Å². The molecule has 1 heterocycles. The summed E-state index contributed by atoms with van der Waals surface area (Å²) >= 11 is 3.22. The van der Waals surface area contributed by atoms with E-state index in [0.717, 1.165) is 16.0 Å². The highest BCUT2D eigenvalue weighted by atomic mass is 32.2. The number of aromatic nitrogens is 2. The lowest BCUT2D eigenvalue weighted by Crippen LogP contribution is -1.96. The Labute approximate surface area is 122 Å². The van der Waals surface area contributed by atoms with Crippen molar-refractivity contribution in [1.29, 1.82) is 0 Å². The second-order valence-electron chi connectivity index (χ2n) is 4.18. The van der Waals surface area contributed by atoms with Gasteiger partial charge >= 0.3 is 0 Å². The largest absolute Gasteiger partial charge is 0.373 e. The minimum atomic E-state index is 0.790. The van der Waals surface area contributed by atoms with E-state index in [4.69, 9.17) is 0 Å². The Kier molecular flexibility index (Phi) is 4.71. The smallest absolute Gasteiger partial charge is 0.190 e. The third-order valence-corrected chi connectivity index (χ3v) is 4.28. The maximum atomic E-state index is 4.52. The first kappa shape index (κ1) is 14.2. The summed E-state index contributed by atoms with van der Waals surface area (Å²) in [5.74, 6) is 0.852. The van der Waals surface area contributed by atoms with Gasteiger partial charge in [-0.3, -0.25) is 0 Å². The van der Waals surface area contributed by atoms with Crippen molar-refractivity contribution in [3.8, 4) is 0 Å². The fraction of sp³-hybridized carbons (Fsp3) is 0.286. The van der Waals surface area contributed by atoms with Crippen LogP contribution < -0.4 is 5.32 Å². The highest BCUT2D eigenvalue weighted by molar-refractivity contribution is 7.99. The Hall–Kier alpha value is -1.20. The molecule has 0 aliphatic heterocycles. The third kappa shape index (κ3) is 3.64. The van der Waals surface area contributed by atoms with Gasteiger partial charge in [-0.25, -0.2) is 9.97 Å². The van der Waals surface area contributed by atoms with Gasteiger partial charge in [-0.1, -0.05) is 29.6 Å². The standard InChI is InChI=1S/C14H17N3S2/c1-9-5-6-11(7-10(9)2)19-13-8-12(15-3)16-14(17-13)18-4/h5-8H,1-4H3,(H,15,16,17). The van der Waals surface area contributed by atoms with Crippen LogP contribution in [-0.4, -0.2) is 23.3 Å². The number of anilines is 1. The summed E-state index contributed by atoms with van der Waals surface area (Å²) in [4.78, 5) is 10.1. The van der Waals surface area contributed by atoms with Crippen LogP contribution in [0.1, 0.15) is 11.1 Å². The lowest BCUT2D eigenvalue weighted by Gasteiger charge is -2.07. The van der Waals surface area contributed by atoms with Gasteiger partial charge in [-0.15, -0.1) is 0 Å². The molecule has 19 heavy (non-hydrogen) atoms. The minimum absolute atomic E-state index is 0.790. The average Bonchev–Trinajstić information content (AvgIpc) is 2.42. The van der Waals surface area contributed by atoms with Crippen LogP contribution in [0.25, 0.3) is 0 Å².